The van der Waals surface area contributed by atoms with Gasteiger partial charge in [-0.2, -0.15) is 0 Å². The van der Waals surface area contributed by atoms with Crippen LogP contribution in [0.25, 0.3) is 11.1 Å². The molecule has 10 nitrogen and oxygen atoms in total. The highest BCUT2D eigenvalue weighted by Crippen LogP contribution is 2.41. The SMILES string of the molecule is Cc1nccc(-c2ccc(CC(NC(=O)C3Cc4cc5c(cc4CN3C(=O)Cc3ccccc3)OC(c3ccc(OCc4ccc(Cl)c(Cl)c4)cc3)CO5)C(=O)O)cc2)c1C. The summed E-state index contributed by atoms with van der Waals surface area (Å²) in [5.41, 5.74) is 9.01. The average molecular weight is 857 g/mol. The van der Waals surface area contributed by atoms with Gasteiger partial charge in [0.15, 0.2) is 17.6 Å². The van der Waals surface area contributed by atoms with Gasteiger partial charge in [-0.05, 0) is 106 Å². The second kappa shape index (κ2) is 18.1. The summed E-state index contributed by atoms with van der Waals surface area (Å²) < 4.78 is 18.7. The average Bonchev–Trinajstić information content (AvgIpc) is 3.27. The number of rotatable bonds is 12. The first-order valence-corrected chi connectivity index (χ1v) is 20.7. The lowest BCUT2D eigenvalue weighted by atomic mass is 9.91. The molecule has 0 spiro atoms. The summed E-state index contributed by atoms with van der Waals surface area (Å²) in [7, 11) is 0. The minimum Gasteiger partial charge on any atom is -0.489 e. The van der Waals surface area contributed by atoms with Crippen LogP contribution in [0, 0.1) is 13.8 Å². The summed E-state index contributed by atoms with van der Waals surface area (Å²) >= 11 is 12.2. The number of aliphatic carboxylic acids is 1. The molecule has 3 heterocycles. The van der Waals surface area contributed by atoms with Crippen molar-refractivity contribution in [2.75, 3.05) is 6.61 Å². The second-order valence-electron chi connectivity index (χ2n) is 15.4. The Bertz CT molecular complexity index is 2590. The number of carboxylic acids is 1. The van der Waals surface area contributed by atoms with Crippen LogP contribution in [0.4, 0.5) is 0 Å². The molecule has 3 unspecified atom stereocenters. The van der Waals surface area contributed by atoms with Gasteiger partial charge in [-0.1, -0.05) is 96.0 Å². The maximum atomic E-state index is 14.2. The molecule has 8 rings (SSSR count). The van der Waals surface area contributed by atoms with E-state index in [2.05, 4.69) is 10.3 Å². The van der Waals surface area contributed by atoms with E-state index in [4.69, 9.17) is 37.4 Å². The molecule has 0 radical (unpaired) electrons. The number of benzene rings is 5. The van der Waals surface area contributed by atoms with E-state index in [1.807, 2.05) is 117 Å². The number of carbonyl (C=O) groups excluding carboxylic acids is 2. The molecule has 2 N–H and O–H groups in total. The molecule has 6 aromatic rings. The lowest BCUT2D eigenvalue weighted by molar-refractivity contribution is -0.145. The van der Waals surface area contributed by atoms with Crippen LogP contribution in [-0.4, -0.2) is 51.5 Å². The molecule has 0 aliphatic carbocycles. The Labute approximate surface area is 364 Å². The first-order chi connectivity index (χ1) is 29.5. The number of carboxylic acid groups (broad SMARTS) is 1. The van der Waals surface area contributed by atoms with Gasteiger partial charge in [-0.15, -0.1) is 0 Å². The number of hydrogen-bond donors (Lipinski definition) is 2. The van der Waals surface area contributed by atoms with Crippen molar-refractivity contribution in [3.05, 3.63) is 176 Å². The molecule has 0 saturated heterocycles. The van der Waals surface area contributed by atoms with E-state index in [0.29, 0.717) is 33.9 Å². The van der Waals surface area contributed by atoms with Crippen molar-refractivity contribution in [1.29, 1.82) is 0 Å². The summed E-state index contributed by atoms with van der Waals surface area (Å²) in [4.78, 5) is 46.8. The number of hydrogen-bond acceptors (Lipinski definition) is 7. The second-order valence-corrected chi connectivity index (χ2v) is 16.2. The predicted octanol–water partition coefficient (Wildman–Crippen LogP) is 9.07. The molecule has 0 saturated carbocycles. The lowest BCUT2D eigenvalue weighted by Crippen LogP contribution is -2.56. The van der Waals surface area contributed by atoms with E-state index in [0.717, 1.165) is 55.8 Å². The smallest absolute Gasteiger partial charge is 0.326 e. The van der Waals surface area contributed by atoms with Gasteiger partial charge >= 0.3 is 5.97 Å². The summed E-state index contributed by atoms with van der Waals surface area (Å²) in [5.74, 6) is -0.233. The van der Waals surface area contributed by atoms with Gasteiger partial charge in [0.25, 0.3) is 0 Å². The maximum absolute atomic E-state index is 14.2. The fourth-order valence-corrected chi connectivity index (χ4v) is 8.06. The number of pyridine rings is 1. The van der Waals surface area contributed by atoms with Gasteiger partial charge in [-0.3, -0.25) is 14.6 Å². The Morgan fingerprint density at radius 1 is 0.852 bits per heavy atom. The fourth-order valence-electron chi connectivity index (χ4n) is 7.74. The van der Waals surface area contributed by atoms with Crippen molar-refractivity contribution >= 4 is 41.0 Å². The molecule has 2 aliphatic rings. The lowest BCUT2D eigenvalue weighted by Gasteiger charge is -2.38. The zero-order valence-electron chi connectivity index (χ0n) is 33.6. The normalized spacial score (nSPS) is 16.0. The predicted molar refractivity (Wildman–Crippen MR) is 233 cm³/mol. The van der Waals surface area contributed by atoms with Crippen molar-refractivity contribution in [3.8, 4) is 28.4 Å². The van der Waals surface area contributed by atoms with E-state index in [1.54, 1.807) is 23.2 Å². The van der Waals surface area contributed by atoms with Gasteiger partial charge in [-0.25, -0.2) is 4.79 Å². The molecular weight excluding hydrogens is 813 g/mol. The number of fused-ring (bicyclic) bond motifs is 2. The minimum absolute atomic E-state index is 0.0608. The number of nitrogens with one attached hydrogen (secondary N) is 1. The van der Waals surface area contributed by atoms with Gasteiger partial charge in [0, 0.05) is 31.3 Å². The molecule has 61 heavy (non-hydrogen) atoms. The Hall–Kier alpha value is -6.36. The third-order valence-electron chi connectivity index (χ3n) is 11.3. The van der Waals surface area contributed by atoms with E-state index >= 15 is 0 Å². The van der Waals surface area contributed by atoms with E-state index in [1.165, 1.54) is 0 Å². The van der Waals surface area contributed by atoms with Crippen LogP contribution in [-0.2, 0) is 46.8 Å². The van der Waals surface area contributed by atoms with Crippen molar-refractivity contribution in [3.63, 3.8) is 0 Å². The van der Waals surface area contributed by atoms with Crippen molar-refractivity contribution in [2.45, 2.75) is 64.4 Å². The first-order valence-electron chi connectivity index (χ1n) is 20.0. The Balaban J connectivity index is 0.978. The molecule has 0 bridgehead atoms. The Morgan fingerprint density at radius 2 is 1.59 bits per heavy atom. The first kappa shape index (κ1) is 41.4. The highest BCUT2D eigenvalue weighted by molar-refractivity contribution is 6.42. The molecule has 12 heteroatoms. The number of ether oxygens (including phenoxy) is 3. The van der Waals surface area contributed by atoms with Gasteiger partial charge in [0.05, 0.1) is 16.5 Å². The van der Waals surface area contributed by atoms with Crippen LogP contribution in [0.1, 0.15) is 50.7 Å². The quantitative estimate of drug-likeness (QED) is 0.125. The Kier molecular flexibility index (Phi) is 12.3. The van der Waals surface area contributed by atoms with E-state index < -0.39 is 30.1 Å². The third kappa shape index (κ3) is 9.51. The summed E-state index contributed by atoms with van der Waals surface area (Å²) in [6.45, 7) is 4.68. The number of nitrogens with zero attached hydrogens (tertiary/aromatic N) is 2. The number of halogens is 2. The topological polar surface area (TPSA) is 127 Å². The van der Waals surface area contributed by atoms with Gasteiger partial charge < -0.3 is 29.5 Å². The fraction of sp³-hybridized carbons (Fsp3) is 0.224. The van der Waals surface area contributed by atoms with Crippen LogP contribution >= 0.6 is 23.2 Å². The van der Waals surface area contributed by atoms with Crippen LogP contribution in [0.2, 0.25) is 10.0 Å². The number of amides is 2. The molecule has 1 aromatic heterocycles. The molecule has 3 atom stereocenters. The highest BCUT2D eigenvalue weighted by Gasteiger charge is 2.38. The largest absolute Gasteiger partial charge is 0.489 e. The number of aromatic nitrogens is 1. The number of aryl methyl sites for hydroxylation is 1. The Morgan fingerprint density at radius 3 is 2.33 bits per heavy atom. The zero-order chi connectivity index (χ0) is 42.6. The van der Waals surface area contributed by atoms with Crippen LogP contribution < -0.4 is 19.5 Å². The molecule has 2 amide bonds. The molecule has 0 fully saturated rings. The van der Waals surface area contributed by atoms with Gasteiger partial charge in [0.1, 0.15) is 31.0 Å². The third-order valence-corrected chi connectivity index (χ3v) is 12.0. The van der Waals surface area contributed by atoms with Crippen LogP contribution in [0.5, 0.6) is 17.2 Å². The monoisotopic (exact) mass is 855 g/mol. The molecule has 2 aliphatic heterocycles. The summed E-state index contributed by atoms with van der Waals surface area (Å²) in [6, 6.07) is 33.5. The standard InChI is InChI=1S/C49H43Cl2N3O7/c1-29-30(2)52-19-18-39(29)34-11-8-32(9-12-34)21-42(49(57)58)53-48(56)43-23-36-24-44-45(25-37(36)26-54(43)47(55)22-31-6-4-3-5-7-31)61-46(28-60-44)35-13-15-38(16-14-35)59-27-33-10-17-40(50)41(51)20-33/h3-20,24-25,42-43,46H,21-23,26-28H2,1-2H3,(H,53,56)(H,57,58). The van der Waals surface area contributed by atoms with E-state index in [-0.39, 0.29) is 38.3 Å². The van der Waals surface area contributed by atoms with Crippen LogP contribution in [0.3, 0.4) is 0 Å². The van der Waals surface area contributed by atoms with Crippen molar-refractivity contribution < 1.29 is 33.7 Å². The van der Waals surface area contributed by atoms with Crippen LogP contribution in [0.15, 0.2) is 121 Å². The zero-order valence-corrected chi connectivity index (χ0v) is 35.1. The molecular formula is C49H43Cl2N3O7. The molecule has 310 valence electrons. The number of carbonyl (C=O) groups is 3. The summed E-state index contributed by atoms with van der Waals surface area (Å²) in [5, 5.41) is 14.0. The maximum Gasteiger partial charge on any atom is 0.326 e. The van der Waals surface area contributed by atoms with Crippen molar-refractivity contribution in [1.82, 2.24) is 15.2 Å². The highest BCUT2D eigenvalue weighted by atomic mass is 35.5. The van der Waals surface area contributed by atoms with E-state index in [9.17, 15) is 19.5 Å². The minimum atomic E-state index is -1.23. The molecule has 5 aromatic carbocycles. The van der Waals surface area contributed by atoms with Crippen molar-refractivity contribution in [2.24, 2.45) is 0 Å². The summed E-state index contributed by atoms with van der Waals surface area (Å²) in [6.07, 6.45) is 1.67. The van der Waals surface area contributed by atoms with Gasteiger partial charge in [0.2, 0.25) is 11.8 Å².